The first-order valence-electron chi connectivity index (χ1n) is 5.90. The van der Waals surface area contributed by atoms with Crippen molar-refractivity contribution in [3.05, 3.63) is 28.3 Å². The quantitative estimate of drug-likeness (QED) is 0.483. The fourth-order valence-corrected chi connectivity index (χ4v) is 1.93. The SMILES string of the molecule is CCN(CC1CC1)c1ccc([N+](=O)[O-])c(N)c1. The normalized spacial score (nSPS) is 14.6. The standard InChI is InChI=1S/C12H17N3O2/c1-2-14(8-9-3-4-9)10-5-6-12(15(16)17)11(13)7-10/h5-7,9H,2-4,8,13H2,1H3. The lowest BCUT2D eigenvalue weighted by Crippen LogP contribution is -2.25. The van der Waals surface area contributed by atoms with Gasteiger partial charge in [-0.3, -0.25) is 10.1 Å². The fraction of sp³-hybridized carbons (Fsp3) is 0.500. The Morgan fingerprint density at radius 2 is 2.24 bits per heavy atom. The first kappa shape index (κ1) is 11.7. The third-order valence-corrected chi connectivity index (χ3v) is 3.13. The number of hydrogen-bond donors (Lipinski definition) is 1. The van der Waals surface area contributed by atoms with E-state index in [0.717, 1.165) is 24.7 Å². The lowest BCUT2D eigenvalue weighted by molar-refractivity contribution is -0.383. The van der Waals surface area contributed by atoms with Crippen molar-refractivity contribution < 1.29 is 4.92 Å². The maximum absolute atomic E-state index is 10.7. The van der Waals surface area contributed by atoms with Crippen LogP contribution in [0.2, 0.25) is 0 Å². The molecule has 0 aromatic heterocycles. The number of nitrogen functional groups attached to an aromatic ring is 1. The number of rotatable bonds is 5. The Bertz CT molecular complexity index is 430. The molecule has 0 bridgehead atoms. The molecule has 1 aliphatic rings. The van der Waals surface area contributed by atoms with Gasteiger partial charge in [0.05, 0.1) is 4.92 Å². The Morgan fingerprint density at radius 3 is 2.71 bits per heavy atom. The summed E-state index contributed by atoms with van der Waals surface area (Å²) in [6, 6.07) is 4.96. The summed E-state index contributed by atoms with van der Waals surface area (Å²) in [4.78, 5) is 12.4. The van der Waals surface area contributed by atoms with Crippen molar-refractivity contribution in [3.8, 4) is 0 Å². The van der Waals surface area contributed by atoms with E-state index in [0.29, 0.717) is 0 Å². The topological polar surface area (TPSA) is 72.4 Å². The molecule has 0 amide bonds. The lowest BCUT2D eigenvalue weighted by Gasteiger charge is -2.23. The Morgan fingerprint density at radius 1 is 1.53 bits per heavy atom. The molecule has 1 aromatic rings. The number of anilines is 2. The van der Waals surface area contributed by atoms with Crippen LogP contribution in [0, 0.1) is 16.0 Å². The molecule has 1 fully saturated rings. The molecule has 17 heavy (non-hydrogen) atoms. The highest BCUT2D eigenvalue weighted by Crippen LogP contribution is 2.33. The molecule has 2 rings (SSSR count). The summed E-state index contributed by atoms with van der Waals surface area (Å²) in [6.45, 7) is 4.00. The summed E-state index contributed by atoms with van der Waals surface area (Å²) in [5, 5.41) is 10.7. The summed E-state index contributed by atoms with van der Waals surface area (Å²) in [6.07, 6.45) is 2.58. The number of nitrogens with two attached hydrogens (primary N) is 1. The summed E-state index contributed by atoms with van der Waals surface area (Å²) in [5.74, 6) is 0.784. The third kappa shape index (κ3) is 2.67. The monoisotopic (exact) mass is 235 g/mol. The summed E-state index contributed by atoms with van der Waals surface area (Å²) in [5.41, 5.74) is 6.89. The Hall–Kier alpha value is -1.78. The molecule has 0 radical (unpaired) electrons. The highest BCUT2D eigenvalue weighted by atomic mass is 16.6. The molecule has 92 valence electrons. The Labute approximate surface area is 100 Å². The zero-order valence-corrected chi connectivity index (χ0v) is 9.93. The minimum Gasteiger partial charge on any atom is -0.393 e. The molecule has 5 heteroatoms. The Balaban J connectivity index is 2.19. The van der Waals surface area contributed by atoms with Gasteiger partial charge < -0.3 is 10.6 Å². The second-order valence-corrected chi connectivity index (χ2v) is 4.48. The van der Waals surface area contributed by atoms with E-state index in [1.807, 2.05) is 0 Å². The van der Waals surface area contributed by atoms with Crippen molar-refractivity contribution in [2.75, 3.05) is 23.7 Å². The van der Waals surface area contributed by atoms with Gasteiger partial charge in [-0.15, -0.1) is 0 Å². The average molecular weight is 235 g/mol. The number of nitrogens with zero attached hydrogens (tertiary/aromatic N) is 2. The molecular weight excluding hydrogens is 218 g/mol. The van der Waals surface area contributed by atoms with Gasteiger partial charge in [0.2, 0.25) is 0 Å². The molecule has 0 spiro atoms. The molecule has 2 N–H and O–H groups in total. The Kier molecular flexibility index (Phi) is 3.17. The number of nitro groups is 1. The van der Waals surface area contributed by atoms with E-state index in [9.17, 15) is 10.1 Å². The van der Waals surface area contributed by atoms with E-state index in [1.54, 1.807) is 12.1 Å². The smallest absolute Gasteiger partial charge is 0.292 e. The van der Waals surface area contributed by atoms with Crippen molar-refractivity contribution >= 4 is 17.1 Å². The molecule has 1 aliphatic carbocycles. The molecule has 0 unspecified atom stereocenters. The van der Waals surface area contributed by atoms with E-state index >= 15 is 0 Å². The zero-order valence-electron chi connectivity index (χ0n) is 9.93. The maximum Gasteiger partial charge on any atom is 0.292 e. The van der Waals surface area contributed by atoms with Crippen LogP contribution in [0.1, 0.15) is 19.8 Å². The molecule has 0 atom stereocenters. The van der Waals surface area contributed by atoms with E-state index < -0.39 is 4.92 Å². The molecule has 5 nitrogen and oxygen atoms in total. The van der Waals surface area contributed by atoms with Gasteiger partial charge in [-0.25, -0.2) is 0 Å². The molecule has 0 heterocycles. The van der Waals surface area contributed by atoms with E-state index in [1.165, 1.54) is 18.9 Å². The summed E-state index contributed by atoms with van der Waals surface area (Å²) < 4.78 is 0. The van der Waals surface area contributed by atoms with Crippen LogP contribution in [0.4, 0.5) is 17.1 Å². The second-order valence-electron chi connectivity index (χ2n) is 4.48. The molecular formula is C12H17N3O2. The molecule has 0 aliphatic heterocycles. The van der Waals surface area contributed by atoms with Crippen LogP contribution in [0.3, 0.4) is 0 Å². The van der Waals surface area contributed by atoms with Crippen molar-refractivity contribution in [3.63, 3.8) is 0 Å². The van der Waals surface area contributed by atoms with Gasteiger partial charge in [0.15, 0.2) is 0 Å². The van der Waals surface area contributed by atoms with Gasteiger partial charge in [-0.05, 0) is 37.8 Å². The van der Waals surface area contributed by atoms with Gasteiger partial charge in [0.1, 0.15) is 5.69 Å². The van der Waals surface area contributed by atoms with Crippen LogP contribution >= 0.6 is 0 Å². The van der Waals surface area contributed by atoms with Crippen molar-refractivity contribution in [1.29, 1.82) is 0 Å². The van der Waals surface area contributed by atoms with Gasteiger partial charge in [-0.2, -0.15) is 0 Å². The van der Waals surface area contributed by atoms with Crippen LogP contribution in [0.15, 0.2) is 18.2 Å². The minimum absolute atomic E-state index is 0.0174. The zero-order chi connectivity index (χ0) is 12.4. The number of benzene rings is 1. The highest BCUT2D eigenvalue weighted by Gasteiger charge is 2.24. The predicted octanol–water partition coefficient (Wildman–Crippen LogP) is 2.41. The molecule has 0 saturated heterocycles. The second kappa shape index (κ2) is 4.61. The molecule has 1 aromatic carbocycles. The largest absolute Gasteiger partial charge is 0.393 e. The van der Waals surface area contributed by atoms with Gasteiger partial charge in [-0.1, -0.05) is 0 Å². The fourth-order valence-electron chi connectivity index (χ4n) is 1.93. The van der Waals surface area contributed by atoms with E-state index in [2.05, 4.69) is 11.8 Å². The van der Waals surface area contributed by atoms with Crippen LogP contribution < -0.4 is 10.6 Å². The average Bonchev–Trinajstić information content (AvgIpc) is 3.09. The van der Waals surface area contributed by atoms with E-state index in [4.69, 9.17) is 5.73 Å². The van der Waals surface area contributed by atoms with Crippen LogP contribution in [0.25, 0.3) is 0 Å². The van der Waals surface area contributed by atoms with Gasteiger partial charge in [0, 0.05) is 24.8 Å². The minimum atomic E-state index is -0.448. The van der Waals surface area contributed by atoms with E-state index in [-0.39, 0.29) is 11.4 Å². The van der Waals surface area contributed by atoms with Crippen molar-refractivity contribution in [1.82, 2.24) is 0 Å². The first-order chi connectivity index (χ1) is 8.11. The van der Waals surface area contributed by atoms with Crippen molar-refractivity contribution in [2.45, 2.75) is 19.8 Å². The number of nitro benzene ring substituents is 1. The van der Waals surface area contributed by atoms with Gasteiger partial charge >= 0.3 is 0 Å². The first-order valence-corrected chi connectivity index (χ1v) is 5.90. The molecule has 1 saturated carbocycles. The van der Waals surface area contributed by atoms with Crippen LogP contribution in [-0.2, 0) is 0 Å². The summed E-state index contributed by atoms with van der Waals surface area (Å²) in [7, 11) is 0. The highest BCUT2D eigenvalue weighted by molar-refractivity contribution is 5.66. The maximum atomic E-state index is 10.7. The van der Waals surface area contributed by atoms with Crippen LogP contribution in [0.5, 0.6) is 0 Å². The lowest BCUT2D eigenvalue weighted by atomic mass is 10.2. The predicted molar refractivity (Wildman–Crippen MR) is 68.1 cm³/mol. The van der Waals surface area contributed by atoms with Gasteiger partial charge in [0.25, 0.3) is 5.69 Å². The van der Waals surface area contributed by atoms with Crippen molar-refractivity contribution in [2.24, 2.45) is 5.92 Å². The number of hydrogen-bond acceptors (Lipinski definition) is 4. The summed E-state index contributed by atoms with van der Waals surface area (Å²) >= 11 is 0. The third-order valence-electron chi connectivity index (χ3n) is 3.13. The van der Waals surface area contributed by atoms with Crippen LogP contribution in [-0.4, -0.2) is 18.0 Å².